The van der Waals surface area contributed by atoms with Gasteiger partial charge in [0.05, 0.1) is 17.2 Å². The Bertz CT molecular complexity index is 922. The second-order valence-corrected chi connectivity index (χ2v) is 8.21. The lowest BCUT2D eigenvalue weighted by atomic mass is 10.2. The maximum atomic E-state index is 13.0. The Morgan fingerprint density at radius 3 is 2.64 bits per heavy atom. The molecule has 0 aliphatic carbocycles. The van der Waals surface area contributed by atoms with Gasteiger partial charge in [-0.3, -0.25) is 0 Å². The van der Waals surface area contributed by atoms with Crippen molar-refractivity contribution in [3.05, 3.63) is 59.0 Å². The summed E-state index contributed by atoms with van der Waals surface area (Å²) in [6.07, 6.45) is 0. The average molecular weight is 381 g/mol. The first-order chi connectivity index (χ1) is 12.0. The monoisotopic (exact) mass is 381 g/mol. The Labute approximate surface area is 149 Å². The van der Waals surface area contributed by atoms with Crippen LogP contribution in [0, 0.1) is 5.82 Å². The number of halogens is 1. The molecule has 0 unspecified atom stereocenters. The van der Waals surface area contributed by atoms with Gasteiger partial charge in [0.25, 0.3) is 0 Å². The third kappa shape index (κ3) is 4.30. The minimum Gasteiger partial charge on any atom is -0.337 e. The van der Waals surface area contributed by atoms with Crippen LogP contribution in [0.1, 0.15) is 18.4 Å². The van der Waals surface area contributed by atoms with Crippen molar-refractivity contribution >= 4 is 21.4 Å². The first-order valence-electron chi connectivity index (χ1n) is 7.56. The van der Waals surface area contributed by atoms with Crippen molar-refractivity contribution in [2.45, 2.75) is 19.2 Å². The largest absolute Gasteiger partial charge is 0.337 e. The molecule has 0 aliphatic heterocycles. The summed E-state index contributed by atoms with van der Waals surface area (Å²) in [7, 11) is -3.60. The quantitative estimate of drug-likeness (QED) is 0.628. The summed E-state index contributed by atoms with van der Waals surface area (Å²) in [5.74, 6) is 0.0536. The second kappa shape index (κ2) is 7.42. The SMILES string of the molecule is CCN(Cc1nc(-c2cccs2)no1)S(=O)(=O)Cc1ccc(F)cc1. The van der Waals surface area contributed by atoms with Crippen LogP contribution < -0.4 is 0 Å². The average Bonchev–Trinajstić information content (AvgIpc) is 3.25. The zero-order valence-electron chi connectivity index (χ0n) is 13.4. The number of benzene rings is 1. The molecule has 9 heteroatoms. The number of hydrogen-bond donors (Lipinski definition) is 0. The molecular weight excluding hydrogens is 365 g/mol. The predicted octanol–water partition coefficient (Wildman–Crippen LogP) is 3.29. The van der Waals surface area contributed by atoms with Crippen molar-refractivity contribution in [3.63, 3.8) is 0 Å². The van der Waals surface area contributed by atoms with Crippen molar-refractivity contribution in [1.29, 1.82) is 0 Å². The molecule has 3 aromatic rings. The van der Waals surface area contributed by atoms with Gasteiger partial charge < -0.3 is 4.52 Å². The van der Waals surface area contributed by atoms with Crippen LogP contribution in [-0.4, -0.2) is 29.4 Å². The Morgan fingerprint density at radius 2 is 2.00 bits per heavy atom. The smallest absolute Gasteiger partial charge is 0.242 e. The zero-order chi connectivity index (χ0) is 17.9. The molecule has 2 aromatic heterocycles. The van der Waals surface area contributed by atoms with Gasteiger partial charge in [0.15, 0.2) is 0 Å². The van der Waals surface area contributed by atoms with Crippen molar-refractivity contribution in [2.75, 3.05) is 6.54 Å². The molecule has 0 aliphatic rings. The van der Waals surface area contributed by atoms with Gasteiger partial charge in [-0.25, -0.2) is 12.8 Å². The molecule has 25 heavy (non-hydrogen) atoms. The van der Waals surface area contributed by atoms with E-state index < -0.39 is 15.8 Å². The molecule has 0 bridgehead atoms. The van der Waals surface area contributed by atoms with Crippen molar-refractivity contribution in [2.24, 2.45) is 0 Å². The van der Waals surface area contributed by atoms with E-state index >= 15 is 0 Å². The highest BCUT2D eigenvalue weighted by atomic mass is 32.2. The molecule has 0 atom stereocenters. The van der Waals surface area contributed by atoms with Gasteiger partial charge in [0, 0.05) is 6.54 Å². The number of aromatic nitrogens is 2. The highest BCUT2D eigenvalue weighted by Crippen LogP contribution is 2.22. The summed E-state index contributed by atoms with van der Waals surface area (Å²) in [4.78, 5) is 5.10. The number of hydrogen-bond acceptors (Lipinski definition) is 6. The molecule has 0 radical (unpaired) electrons. The van der Waals surface area contributed by atoms with Gasteiger partial charge in [-0.15, -0.1) is 11.3 Å². The molecule has 0 amide bonds. The molecular formula is C16H16FN3O3S2. The Balaban J connectivity index is 1.74. The number of nitrogens with zero attached hydrogens (tertiary/aromatic N) is 3. The molecule has 0 N–H and O–H groups in total. The molecule has 0 spiro atoms. The summed E-state index contributed by atoms with van der Waals surface area (Å²) < 4.78 is 44.6. The highest BCUT2D eigenvalue weighted by molar-refractivity contribution is 7.88. The minimum atomic E-state index is -3.60. The van der Waals surface area contributed by atoms with Crippen LogP contribution in [0.5, 0.6) is 0 Å². The van der Waals surface area contributed by atoms with Crippen LogP contribution in [0.2, 0.25) is 0 Å². The van der Waals surface area contributed by atoms with E-state index in [2.05, 4.69) is 10.1 Å². The summed E-state index contributed by atoms with van der Waals surface area (Å²) in [6, 6.07) is 9.15. The predicted molar refractivity (Wildman–Crippen MR) is 92.7 cm³/mol. The molecule has 3 rings (SSSR count). The standard InChI is InChI=1S/C16H16FN3O3S2/c1-2-20(25(21,22)11-12-5-7-13(17)8-6-12)10-15-18-16(19-23-15)14-4-3-9-24-14/h3-9H,2,10-11H2,1H3. The molecule has 0 saturated carbocycles. The highest BCUT2D eigenvalue weighted by Gasteiger charge is 2.24. The fraction of sp³-hybridized carbons (Fsp3) is 0.250. The third-order valence-corrected chi connectivity index (χ3v) is 6.27. The van der Waals surface area contributed by atoms with Gasteiger partial charge in [-0.1, -0.05) is 30.3 Å². The van der Waals surface area contributed by atoms with Gasteiger partial charge in [-0.2, -0.15) is 9.29 Å². The second-order valence-electron chi connectivity index (χ2n) is 5.30. The fourth-order valence-corrected chi connectivity index (χ4v) is 4.41. The van der Waals surface area contributed by atoms with Crippen LogP contribution in [0.25, 0.3) is 10.7 Å². The van der Waals surface area contributed by atoms with E-state index in [1.165, 1.54) is 39.9 Å². The van der Waals surface area contributed by atoms with E-state index in [1.807, 2.05) is 17.5 Å². The van der Waals surface area contributed by atoms with Crippen LogP contribution >= 0.6 is 11.3 Å². The first-order valence-corrected chi connectivity index (χ1v) is 10.1. The first kappa shape index (κ1) is 17.7. The van der Waals surface area contributed by atoms with Crippen LogP contribution in [0.15, 0.2) is 46.3 Å². The molecule has 1 aromatic carbocycles. The van der Waals surface area contributed by atoms with E-state index in [9.17, 15) is 12.8 Å². The van der Waals surface area contributed by atoms with E-state index in [0.717, 1.165) is 4.88 Å². The number of rotatable bonds is 7. The van der Waals surface area contributed by atoms with Gasteiger partial charge >= 0.3 is 0 Å². The van der Waals surface area contributed by atoms with E-state index in [-0.39, 0.29) is 24.7 Å². The Kier molecular flexibility index (Phi) is 5.26. The maximum absolute atomic E-state index is 13.0. The van der Waals surface area contributed by atoms with Crippen LogP contribution in [-0.2, 0) is 22.3 Å². The van der Waals surface area contributed by atoms with Crippen molar-refractivity contribution in [1.82, 2.24) is 14.4 Å². The summed E-state index contributed by atoms with van der Waals surface area (Å²) in [5.41, 5.74) is 0.518. The lowest BCUT2D eigenvalue weighted by molar-refractivity contribution is 0.321. The number of sulfonamides is 1. The molecule has 0 fully saturated rings. The van der Waals surface area contributed by atoms with Crippen molar-refractivity contribution < 1.29 is 17.3 Å². The summed E-state index contributed by atoms with van der Waals surface area (Å²) in [5, 5.41) is 5.78. The third-order valence-electron chi connectivity index (χ3n) is 3.53. The van der Waals surface area contributed by atoms with Gasteiger partial charge in [0.2, 0.25) is 21.7 Å². The fourth-order valence-electron chi connectivity index (χ4n) is 2.27. The van der Waals surface area contributed by atoms with Gasteiger partial charge in [0.1, 0.15) is 5.82 Å². The van der Waals surface area contributed by atoms with Crippen LogP contribution in [0.3, 0.4) is 0 Å². The number of thiophene rings is 1. The van der Waals surface area contributed by atoms with E-state index in [1.54, 1.807) is 6.92 Å². The molecule has 6 nitrogen and oxygen atoms in total. The maximum Gasteiger partial charge on any atom is 0.242 e. The lowest BCUT2D eigenvalue weighted by Crippen LogP contribution is -2.31. The van der Waals surface area contributed by atoms with E-state index in [0.29, 0.717) is 11.4 Å². The lowest BCUT2D eigenvalue weighted by Gasteiger charge is -2.18. The topological polar surface area (TPSA) is 76.3 Å². The molecule has 0 saturated heterocycles. The van der Waals surface area contributed by atoms with Crippen LogP contribution in [0.4, 0.5) is 4.39 Å². The Morgan fingerprint density at radius 1 is 1.24 bits per heavy atom. The molecule has 2 heterocycles. The zero-order valence-corrected chi connectivity index (χ0v) is 15.1. The van der Waals surface area contributed by atoms with E-state index in [4.69, 9.17) is 4.52 Å². The molecule has 132 valence electrons. The minimum absolute atomic E-state index is 0.00158. The normalized spacial score (nSPS) is 12.0. The summed E-state index contributed by atoms with van der Waals surface area (Å²) >= 11 is 1.47. The van der Waals surface area contributed by atoms with Gasteiger partial charge in [-0.05, 0) is 29.1 Å². The van der Waals surface area contributed by atoms with Crippen molar-refractivity contribution in [3.8, 4) is 10.7 Å². The summed E-state index contributed by atoms with van der Waals surface area (Å²) in [6.45, 7) is 2.00. The Hall–Kier alpha value is -2.10.